The van der Waals surface area contributed by atoms with Crippen molar-refractivity contribution in [3.8, 4) is 0 Å². The summed E-state index contributed by atoms with van der Waals surface area (Å²) in [6.45, 7) is 1.60. The lowest BCUT2D eigenvalue weighted by atomic mass is 10.1. The maximum atomic E-state index is 13.4. The number of benzene rings is 2. The first-order valence-corrected chi connectivity index (χ1v) is 8.25. The summed E-state index contributed by atoms with van der Waals surface area (Å²) in [6.07, 6.45) is 0.141. The number of hydrogen-bond acceptors (Lipinski definition) is 5. The van der Waals surface area contributed by atoms with Crippen molar-refractivity contribution < 1.29 is 18.9 Å². The maximum Gasteiger partial charge on any atom is 0.306 e. The molecule has 1 aliphatic rings. The molecule has 2 aromatic rings. The minimum atomic E-state index is -0.948. The highest BCUT2D eigenvalue weighted by Gasteiger charge is 2.29. The van der Waals surface area contributed by atoms with Crippen LogP contribution in [0.2, 0.25) is 0 Å². The van der Waals surface area contributed by atoms with Crippen LogP contribution in [0.15, 0.2) is 42.5 Å². The number of nitro benzene ring substituents is 1. The zero-order valence-corrected chi connectivity index (χ0v) is 14.4. The molecule has 9 heteroatoms. The lowest BCUT2D eigenvalue weighted by Crippen LogP contribution is -2.42. The minimum Gasteiger partial charge on any atom is -0.376 e. The average molecular weight is 372 g/mol. The van der Waals surface area contributed by atoms with Crippen LogP contribution in [0, 0.1) is 15.9 Å². The molecular formula is C18H17FN4O4. The molecule has 1 atom stereocenters. The number of anilines is 3. The maximum absolute atomic E-state index is 13.4. The number of halogens is 1. The number of hydrogen-bond donors (Lipinski definition) is 2. The van der Waals surface area contributed by atoms with Gasteiger partial charge in [0.05, 0.1) is 22.8 Å². The predicted molar refractivity (Wildman–Crippen MR) is 98.2 cm³/mol. The van der Waals surface area contributed by atoms with Crippen LogP contribution in [0.3, 0.4) is 0 Å². The first-order chi connectivity index (χ1) is 12.9. The third kappa shape index (κ3) is 3.86. The summed E-state index contributed by atoms with van der Waals surface area (Å²) < 4.78 is 13.4. The highest BCUT2D eigenvalue weighted by molar-refractivity contribution is 6.05. The predicted octanol–water partition coefficient (Wildman–Crippen LogP) is 2.91. The molecule has 1 heterocycles. The smallest absolute Gasteiger partial charge is 0.306 e. The van der Waals surface area contributed by atoms with Crippen molar-refractivity contribution in [3.63, 3.8) is 0 Å². The normalized spacial score (nSPS) is 16.1. The molecule has 0 fully saturated rings. The van der Waals surface area contributed by atoms with Crippen LogP contribution in [0.5, 0.6) is 0 Å². The molecule has 140 valence electrons. The van der Waals surface area contributed by atoms with Crippen molar-refractivity contribution in [2.45, 2.75) is 19.4 Å². The number of rotatable bonds is 4. The van der Waals surface area contributed by atoms with Crippen LogP contribution in [0.1, 0.15) is 13.3 Å². The van der Waals surface area contributed by atoms with Gasteiger partial charge in [0.15, 0.2) is 0 Å². The van der Waals surface area contributed by atoms with Crippen LogP contribution >= 0.6 is 0 Å². The molecule has 0 saturated carbocycles. The van der Waals surface area contributed by atoms with E-state index in [-0.39, 0.29) is 36.5 Å². The van der Waals surface area contributed by atoms with E-state index in [9.17, 15) is 24.1 Å². The molecule has 0 aromatic heterocycles. The Kier molecular flexibility index (Phi) is 5.02. The first kappa shape index (κ1) is 18.3. The number of nitro groups is 1. The Morgan fingerprint density at radius 2 is 2.11 bits per heavy atom. The van der Waals surface area contributed by atoms with E-state index in [0.717, 1.165) is 12.1 Å². The van der Waals surface area contributed by atoms with Gasteiger partial charge in [-0.05, 0) is 31.2 Å². The van der Waals surface area contributed by atoms with Gasteiger partial charge in [-0.1, -0.05) is 12.1 Å². The third-order valence-electron chi connectivity index (χ3n) is 4.21. The second-order valence-corrected chi connectivity index (χ2v) is 6.16. The SMILES string of the molecule is C[C@@H]1CC(=O)Nc2ccccc2N1C(=O)CNc1ccc(F)c([N+](=O)[O-])c1. The van der Waals surface area contributed by atoms with Gasteiger partial charge in [0.25, 0.3) is 0 Å². The fraction of sp³-hybridized carbons (Fsp3) is 0.222. The zero-order chi connectivity index (χ0) is 19.6. The van der Waals surface area contributed by atoms with Crippen molar-refractivity contribution in [2.75, 3.05) is 22.1 Å². The molecule has 0 radical (unpaired) electrons. The van der Waals surface area contributed by atoms with Gasteiger partial charge in [-0.2, -0.15) is 4.39 Å². The number of nitrogens with one attached hydrogen (secondary N) is 2. The van der Waals surface area contributed by atoms with Crippen LogP contribution in [0.25, 0.3) is 0 Å². The van der Waals surface area contributed by atoms with Gasteiger partial charge in [-0.15, -0.1) is 0 Å². The topological polar surface area (TPSA) is 105 Å². The fourth-order valence-corrected chi connectivity index (χ4v) is 2.99. The molecule has 0 unspecified atom stereocenters. The van der Waals surface area contributed by atoms with Gasteiger partial charge in [-0.3, -0.25) is 19.7 Å². The molecule has 0 aliphatic carbocycles. The lowest BCUT2D eigenvalue weighted by Gasteiger charge is -2.28. The van der Waals surface area contributed by atoms with Crippen LogP contribution in [-0.2, 0) is 9.59 Å². The molecule has 8 nitrogen and oxygen atoms in total. The summed E-state index contributed by atoms with van der Waals surface area (Å²) in [6, 6.07) is 9.92. The van der Waals surface area contributed by atoms with Crippen molar-refractivity contribution in [1.82, 2.24) is 0 Å². The summed E-state index contributed by atoms with van der Waals surface area (Å²) in [5, 5.41) is 16.4. The summed E-state index contributed by atoms with van der Waals surface area (Å²) in [7, 11) is 0. The third-order valence-corrected chi connectivity index (χ3v) is 4.21. The number of carbonyl (C=O) groups excluding carboxylic acids is 2. The summed E-state index contributed by atoms with van der Waals surface area (Å²) in [5.74, 6) is -1.46. The van der Waals surface area contributed by atoms with Crippen LogP contribution < -0.4 is 15.5 Å². The Morgan fingerprint density at radius 1 is 1.37 bits per heavy atom. The Morgan fingerprint density at radius 3 is 2.85 bits per heavy atom. The summed E-state index contributed by atoms with van der Waals surface area (Å²) >= 11 is 0. The lowest BCUT2D eigenvalue weighted by molar-refractivity contribution is -0.387. The Labute approximate surface area is 154 Å². The van der Waals surface area contributed by atoms with Crippen LogP contribution in [-0.4, -0.2) is 29.3 Å². The molecule has 3 rings (SSSR count). The van der Waals surface area contributed by atoms with Crippen molar-refractivity contribution in [1.29, 1.82) is 0 Å². The molecule has 2 N–H and O–H groups in total. The monoisotopic (exact) mass is 372 g/mol. The Hall–Kier alpha value is -3.49. The fourth-order valence-electron chi connectivity index (χ4n) is 2.99. The number of nitrogens with zero attached hydrogens (tertiary/aromatic N) is 2. The average Bonchev–Trinajstić information content (AvgIpc) is 2.74. The number of carbonyl (C=O) groups is 2. The van der Waals surface area contributed by atoms with E-state index in [4.69, 9.17) is 0 Å². The van der Waals surface area contributed by atoms with Crippen molar-refractivity contribution >= 4 is 34.6 Å². The molecule has 2 amide bonds. The Bertz CT molecular complexity index is 918. The highest BCUT2D eigenvalue weighted by atomic mass is 19.1. The van der Waals surface area contributed by atoms with Gasteiger partial charge >= 0.3 is 5.69 Å². The molecule has 0 saturated heterocycles. The van der Waals surface area contributed by atoms with Gasteiger partial charge in [0.2, 0.25) is 17.6 Å². The van der Waals surface area contributed by atoms with Gasteiger partial charge in [-0.25, -0.2) is 0 Å². The summed E-state index contributed by atoms with van der Waals surface area (Å²) in [4.78, 5) is 36.3. The number of fused-ring (bicyclic) bond motifs is 1. The molecule has 0 spiro atoms. The van der Waals surface area contributed by atoms with E-state index in [2.05, 4.69) is 10.6 Å². The molecule has 1 aliphatic heterocycles. The summed E-state index contributed by atoms with van der Waals surface area (Å²) in [5.41, 5.74) is 0.697. The quantitative estimate of drug-likeness (QED) is 0.634. The van der Waals surface area contributed by atoms with Crippen molar-refractivity contribution in [3.05, 3.63) is 58.4 Å². The minimum absolute atomic E-state index is 0.141. The Balaban J connectivity index is 1.80. The van der Waals surface area contributed by atoms with E-state index >= 15 is 0 Å². The van der Waals surface area contributed by atoms with Gasteiger partial charge in [0, 0.05) is 24.2 Å². The second-order valence-electron chi connectivity index (χ2n) is 6.16. The number of amides is 2. The highest BCUT2D eigenvalue weighted by Crippen LogP contribution is 2.31. The first-order valence-electron chi connectivity index (χ1n) is 8.25. The largest absolute Gasteiger partial charge is 0.376 e. The van der Waals surface area contributed by atoms with Gasteiger partial charge in [0.1, 0.15) is 0 Å². The second kappa shape index (κ2) is 7.40. The van der Waals surface area contributed by atoms with Gasteiger partial charge < -0.3 is 15.5 Å². The van der Waals surface area contributed by atoms with E-state index in [1.165, 1.54) is 11.0 Å². The standard InChI is InChI=1S/C18H17FN4O4/c1-11-8-17(24)21-14-4-2-3-5-15(14)22(11)18(25)10-20-12-6-7-13(19)16(9-12)23(26)27/h2-7,9,11,20H,8,10H2,1H3,(H,21,24)/t11-/m1/s1. The molecular weight excluding hydrogens is 355 g/mol. The molecule has 2 aromatic carbocycles. The van der Waals surface area contributed by atoms with Crippen LogP contribution in [0.4, 0.5) is 27.1 Å². The zero-order valence-electron chi connectivity index (χ0n) is 14.4. The van der Waals surface area contributed by atoms with E-state index in [1.807, 2.05) is 0 Å². The van der Waals surface area contributed by atoms with E-state index in [0.29, 0.717) is 11.4 Å². The van der Waals surface area contributed by atoms with Crippen molar-refractivity contribution in [2.24, 2.45) is 0 Å². The number of para-hydroxylation sites is 2. The van der Waals surface area contributed by atoms with E-state index in [1.54, 1.807) is 31.2 Å². The van der Waals surface area contributed by atoms with E-state index < -0.39 is 16.4 Å². The molecule has 27 heavy (non-hydrogen) atoms. The molecule has 0 bridgehead atoms.